The van der Waals surface area contributed by atoms with Gasteiger partial charge in [0.2, 0.25) is 0 Å². The van der Waals surface area contributed by atoms with Crippen LogP contribution in [0.3, 0.4) is 0 Å². The van der Waals surface area contributed by atoms with Crippen molar-refractivity contribution in [2.45, 2.75) is 6.92 Å². The summed E-state index contributed by atoms with van der Waals surface area (Å²) in [5.41, 5.74) is 1.31. The third kappa shape index (κ3) is 3.29. The standard InChI is InChI=1S/C17H11ClIN3O4/c1-9-7-10(19)5-6-13(9)20-15-14(18)16(23)21(17(15)24)11-3-2-4-12(8-11)22(25)26/h2-8,20H,1H3. The summed E-state index contributed by atoms with van der Waals surface area (Å²) >= 11 is 8.24. The first-order valence-corrected chi connectivity index (χ1v) is 8.81. The number of halogens is 2. The molecule has 0 aliphatic carbocycles. The summed E-state index contributed by atoms with van der Waals surface area (Å²) in [6, 6.07) is 10.8. The lowest BCUT2D eigenvalue weighted by Crippen LogP contribution is -2.32. The first kappa shape index (κ1) is 18.3. The number of nitro groups is 1. The average molecular weight is 484 g/mol. The second-order valence-electron chi connectivity index (χ2n) is 5.50. The number of anilines is 2. The number of rotatable bonds is 4. The van der Waals surface area contributed by atoms with Crippen molar-refractivity contribution in [2.24, 2.45) is 0 Å². The molecule has 0 spiro atoms. The van der Waals surface area contributed by atoms with E-state index in [0.29, 0.717) is 5.69 Å². The predicted molar refractivity (Wildman–Crippen MR) is 106 cm³/mol. The van der Waals surface area contributed by atoms with Crippen LogP contribution in [0.1, 0.15) is 5.56 Å². The average Bonchev–Trinajstić information content (AvgIpc) is 2.80. The van der Waals surface area contributed by atoms with Gasteiger partial charge in [0.05, 0.1) is 10.6 Å². The molecule has 2 aromatic carbocycles. The molecule has 9 heteroatoms. The first-order chi connectivity index (χ1) is 12.3. The van der Waals surface area contributed by atoms with Gasteiger partial charge in [-0.05, 0) is 59.3 Å². The minimum Gasteiger partial charge on any atom is -0.349 e. The fourth-order valence-corrected chi connectivity index (χ4v) is 3.35. The van der Waals surface area contributed by atoms with Crippen LogP contribution < -0.4 is 10.2 Å². The van der Waals surface area contributed by atoms with Crippen molar-refractivity contribution in [3.8, 4) is 0 Å². The molecule has 2 amide bonds. The Morgan fingerprint density at radius 1 is 1.15 bits per heavy atom. The van der Waals surface area contributed by atoms with Crippen LogP contribution in [0.5, 0.6) is 0 Å². The summed E-state index contributed by atoms with van der Waals surface area (Å²) in [7, 11) is 0. The maximum Gasteiger partial charge on any atom is 0.283 e. The molecule has 0 bridgehead atoms. The van der Waals surface area contributed by atoms with Gasteiger partial charge in [0, 0.05) is 21.4 Å². The number of aryl methyl sites for hydroxylation is 1. The zero-order valence-corrected chi connectivity index (χ0v) is 16.2. The van der Waals surface area contributed by atoms with Crippen molar-refractivity contribution in [1.82, 2.24) is 0 Å². The lowest BCUT2D eigenvalue weighted by Gasteiger charge is -2.15. The van der Waals surface area contributed by atoms with Crippen LogP contribution in [0.4, 0.5) is 17.1 Å². The molecule has 1 aliphatic rings. The Morgan fingerprint density at radius 2 is 1.88 bits per heavy atom. The van der Waals surface area contributed by atoms with Gasteiger partial charge in [-0.3, -0.25) is 19.7 Å². The van der Waals surface area contributed by atoms with E-state index in [9.17, 15) is 19.7 Å². The molecule has 1 N–H and O–H groups in total. The van der Waals surface area contributed by atoms with Crippen LogP contribution in [0.15, 0.2) is 53.2 Å². The minimum absolute atomic E-state index is 0.0625. The summed E-state index contributed by atoms with van der Waals surface area (Å²) < 4.78 is 1.03. The van der Waals surface area contributed by atoms with Gasteiger partial charge in [-0.15, -0.1) is 0 Å². The molecule has 0 saturated heterocycles. The number of carbonyl (C=O) groups excluding carboxylic acids is 2. The van der Waals surface area contributed by atoms with Crippen LogP contribution in [0.2, 0.25) is 0 Å². The van der Waals surface area contributed by atoms with Crippen LogP contribution in [0.25, 0.3) is 0 Å². The van der Waals surface area contributed by atoms with Crippen molar-refractivity contribution in [1.29, 1.82) is 0 Å². The van der Waals surface area contributed by atoms with Crippen LogP contribution in [-0.4, -0.2) is 16.7 Å². The summed E-state index contributed by atoms with van der Waals surface area (Å²) in [6.07, 6.45) is 0. The Hall–Kier alpha value is -2.46. The number of nitrogens with zero attached hydrogens (tertiary/aromatic N) is 2. The molecule has 26 heavy (non-hydrogen) atoms. The second-order valence-corrected chi connectivity index (χ2v) is 7.12. The third-order valence-electron chi connectivity index (χ3n) is 3.77. The Morgan fingerprint density at radius 3 is 2.54 bits per heavy atom. The van der Waals surface area contributed by atoms with Gasteiger partial charge in [0.15, 0.2) is 0 Å². The zero-order chi connectivity index (χ0) is 19.0. The number of imide groups is 1. The Kier molecular flexibility index (Phi) is 4.97. The summed E-state index contributed by atoms with van der Waals surface area (Å²) in [6.45, 7) is 1.86. The van der Waals surface area contributed by atoms with Crippen molar-refractivity contribution < 1.29 is 14.5 Å². The van der Waals surface area contributed by atoms with Crippen molar-refractivity contribution >= 4 is 63.1 Å². The fraction of sp³-hybridized carbons (Fsp3) is 0.0588. The molecule has 0 radical (unpaired) electrons. The molecule has 1 heterocycles. The highest BCUT2D eigenvalue weighted by atomic mass is 127. The molecule has 7 nitrogen and oxygen atoms in total. The number of non-ortho nitro benzene ring substituents is 1. The van der Waals surface area contributed by atoms with E-state index < -0.39 is 16.7 Å². The van der Waals surface area contributed by atoms with Crippen molar-refractivity contribution in [2.75, 3.05) is 10.2 Å². The number of nitro benzene ring substituents is 1. The quantitative estimate of drug-likeness (QED) is 0.308. The molecule has 3 rings (SSSR count). The maximum absolute atomic E-state index is 12.7. The van der Waals surface area contributed by atoms with Crippen molar-refractivity contribution in [3.63, 3.8) is 0 Å². The number of hydrogen-bond acceptors (Lipinski definition) is 5. The number of carbonyl (C=O) groups is 2. The van der Waals surface area contributed by atoms with Gasteiger partial charge in [0.1, 0.15) is 10.7 Å². The number of hydrogen-bond donors (Lipinski definition) is 1. The fourth-order valence-electron chi connectivity index (χ4n) is 2.49. The molecule has 0 fully saturated rings. The van der Waals surface area contributed by atoms with Gasteiger partial charge in [-0.25, -0.2) is 4.90 Å². The smallest absolute Gasteiger partial charge is 0.283 e. The molecule has 2 aromatic rings. The van der Waals surface area contributed by atoms with Gasteiger partial charge in [0.25, 0.3) is 17.5 Å². The lowest BCUT2D eigenvalue weighted by molar-refractivity contribution is -0.384. The van der Waals surface area contributed by atoms with Gasteiger partial charge in [-0.1, -0.05) is 17.7 Å². The zero-order valence-electron chi connectivity index (χ0n) is 13.3. The summed E-state index contributed by atoms with van der Waals surface area (Å²) in [5.74, 6) is -1.40. The molecule has 0 atom stereocenters. The van der Waals surface area contributed by atoms with Crippen LogP contribution >= 0.6 is 34.2 Å². The van der Waals surface area contributed by atoms with Gasteiger partial charge < -0.3 is 5.32 Å². The van der Waals surface area contributed by atoms with E-state index in [2.05, 4.69) is 27.9 Å². The molecule has 0 aromatic heterocycles. The van der Waals surface area contributed by atoms with Crippen LogP contribution in [-0.2, 0) is 9.59 Å². The highest BCUT2D eigenvalue weighted by Gasteiger charge is 2.39. The summed E-state index contributed by atoms with van der Waals surface area (Å²) in [4.78, 5) is 36.3. The van der Waals surface area contributed by atoms with Gasteiger partial charge in [-0.2, -0.15) is 0 Å². The van der Waals surface area contributed by atoms with Crippen molar-refractivity contribution in [3.05, 3.63) is 72.4 Å². The number of amides is 2. The van der Waals surface area contributed by atoms with E-state index in [1.54, 1.807) is 6.07 Å². The molecule has 132 valence electrons. The van der Waals surface area contributed by atoms with E-state index in [-0.39, 0.29) is 22.1 Å². The van der Waals surface area contributed by atoms with E-state index in [0.717, 1.165) is 20.1 Å². The lowest BCUT2D eigenvalue weighted by atomic mass is 10.2. The molecule has 1 aliphatic heterocycles. The molecule has 0 saturated carbocycles. The highest BCUT2D eigenvalue weighted by molar-refractivity contribution is 14.1. The first-order valence-electron chi connectivity index (χ1n) is 7.36. The highest BCUT2D eigenvalue weighted by Crippen LogP contribution is 2.32. The number of benzene rings is 2. The van der Waals surface area contributed by atoms with E-state index in [4.69, 9.17) is 11.6 Å². The maximum atomic E-state index is 12.7. The van der Waals surface area contributed by atoms with E-state index >= 15 is 0 Å². The minimum atomic E-state index is -0.733. The number of nitrogens with one attached hydrogen (secondary N) is 1. The topological polar surface area (TPSA) is 92.6 Å². The summed E-state index contributed by atoms with van der Waals surface area (Å²) in [5, 5.41) is 13.6. The Bertz CT molecular complexity index is 990. The van der Waals surface area contributed by atoms with Crippen LogP contribution in [0, 0.1) is 20.6 Å². The van der Waals surface area contributed by atoms with E-state index in [1.807, 2.05) is 19.1 Å². The Balaban J connectivity index is 1.95. The van der Waals surface area contributed by atoms with E-state index in [1.165, 1.54) is 18.2 Å². The third-order valence-corrected chi connectivity index (χ3v) is 4.80. The van der Waals surface area contributed by atoms with Gasteiger partial charge >= 0.3 is 0 Å². The second kappa shape index (κ2) is 7.04. The normalized spacial score (nSPS) is 14.2. The molecular weight excluding hydrogens is 473 g/mol. The molecular formula is C17H11ClIN3O4. The molecule has 0 unspecified atom stereocenters. The monoisotopic (exact) mass is 483 g/mol. The predicted octanol–water partition coefficient (Wildman–Crippen LogP) is 3.94. The Labute approximate surface area is 166 Å². The SMILES string of the molecule is Cc1cc(I)ccc1NC1=C(Cl)C(=O)N(c2cccc([N+](=O)[O-])c2)C1=O. The largest absolute Gasteiger partial charge is 0.349 e.